The van der Waals surface area contributed by atoms with Crippen LogP contribution in [0.3, 0.4) is 0 Å². The van der Waals surface area contributed by atoms with Gasteiger partial charge in [-0.25, -0.2) is 13.8 Å². The molecule has 2 aromatic heterocycles. The molecule has 50 heavy (non-hydrogen) atoms. The lowest BCUT2D eigenvalue weighted by atomic mass is 9.76. The summed E-state index contributed by atoms with van der Waals surface area (Å²) < 4.78 is 50.0. The van der Waals surface area contributed by atoms with Crippen LogP contribution in [0.25, 0.3) is 32.9 Å². The number of ether oxygens (including phenoxy) is 3. The van der Waals surface area contributed by atoms with Crippen molar-refractivity contribution in [2.45, 2.75) is 56.8 Å². The maximum atomic E-state index is 17.1. The van der Waals surface area contributed by atoms with Crippen LogP contribution >= 0.6 is 12.4 Å². The number of phenolic OH excluding ortho intramolecular Hbond substituents is 1. The van der Waals surface area contributed by atoms with Crippen LogP contribution in [0.2, 0.25) is 0 Å². The minimum Gasteiger partial charge on any atom is -0.508 e. The number of fused-ring (bicyclic) bond motifs is 3. The quantitative estimate of drug-likeness (QED) is 0.202. The lowest BCUT2D eigenvalue weighted by Gasteiger charge is -2.39. The molecule has 0 radical (unpaired) electrons. The second kappa shape index (κ2) is 13.9. The third-order valence-electron chi connectivity index (χ3n) is 10.1. The molecule has 4 aromatic rings. The number of aliphatic hydroxyl groups is 2. The fraction of sp³-hybridized carbons (Fsp3) is 0.472. The van der Waals surface area contributed by atoms with Gasteiger partial charge in [0.15, 0.2) is 5.82 Å². The summed E-state index contributed by atoms with van der Waals surface area (Å²) in [5, 5.41) is 36.1. The Morgan fingerprint density at radius 1 is 1.16 bits per heavy atom. The molecule has 3 aliphatic rings. The first-order valence-electron chi connectivity index (χ1n) is 16.5. The fourth-order valence-electron chi connectivity index (χ4n) is 7.79. The predicted molar refractivity (Wildman–Crippen MR) is 186 cm³/mol. The number of methoxy groups -OCH3 is 1. The number of phenols is 1. The maximum Gasteiger partial charge on any atom is 0.319 e. The summed E-state index contributed by atoms with van der Waals surface area (Å²) in [6.07, 6.45) is 10.1. The van der Waals surface area contributed by atoms with E-state index in [0.717, 1.165) is 38.6 Å². The van der Waals surface area contributed by atoms with Crippen molar-refractivity contribution in [1.29, 1.82) is 0 Å². The molecule has 11 nitrogen and oxygen atoms in total. The molecule has 4 N–H and O–H groups in total. The van der Waals surface area contributed by atoms with E-state index in [4.69, 9.17) is 25.6 Å². The number of terminal acetylenes is 1. The highest BCUT2D eigenvalue weighted by Crippen LogP contribution is 2.46. The number of piperidine rings is 1. The van der Waals surface area contributed by atoms with Gasteiger partial charge in [-0.1, -0.05) is 18.4 Å². The number of halogens is 3. The van der Waals surface area contributed by atoms with Crippen LogP contribution in [0.1, 0.15) is 44.6 Å². The molecule has 14 heteroatoms. The molecule has 3 fully saturated rings. The fourth-order valence-corrected chi connectivity index (χ4v) is 7.79. The third kappa shape index (κ3) is 6.35. The van der Waals surface area contributed by atoms with Gasteiger partial charge in [0, 0.05) is 29.0 Å². The smallest absolute Gasteiger partial charge is 0.319 e. The molecule has 266 valence electrons. The van der Waals surface area contributed by atoms with Gasteiger partial charge in [0.05, 0.1) is 45.1 Å². The van der Waals surface area contributed by atoms with Gasteiger partial charge in [0.25, 0.3) is 0 Å². The highest BCUT2D eigenvalue weighted by molar-refractivity contribution is 6.04. The molecule has 7 rings (SSSR count). The summed E-state index contributed by atoms with van der Waals surface area (Å²) in [7, 11) is 1.36. The second-order valence-electron chi connectivity index (χ2n) is 13.6. The zero-order valence-electron chi connectivity index (χ0n) is 27.8. The lowest BCUT2D eigenvalue weighted by molar-refractivity contribution is -0.0528. The molecular formula is C36H40ClF2N5O6. The van der Waals surface area contributed by atoms with Gasteiger partial charge in [-0.05, 0) is 62.7 Å². The van der Waals surface area contributed by atoms with Gasteiger partial charge in [0.1, 0.15) is 39.6 Å². The first-order chi connectivity index (χ1) is 23.6. The predicted octanol–water partition coefficient (Wildman–Crippen LogP) is 4.49. The molecule has 2 saturated heterocycles. The number of hydrogen-bond acceptors (Lipinski definition) is 11. The van der Waals surface area contributed by atoms with E-state index in [1.807, 2.05) is 0 Å². The molecular weight excluding hydrogens is 672 g/mol. The lowest BCUT2D eigenvalue weighted by Crippen LogP contribution is -2.49. The maximum absolute atomic E-state index is 17.1. The number of nitrogens with one attached hydrogen (secondary N) is 1. The van der Waals surface area contributed by atoms with Crippen LogP contribution < -0.4 is 19.7 Å². The Morgan fingerprint density at radius 3 is 2.72 bits per heavy atom. The highest BCUT2D eigenvalue weighted by atomic mass is 35.5. The number of hydrogen-bond donors (Lipinski definition) is 4. The molecule has 0 spiro atoms. The number of pyridine rings is 1. The van der Waals surface area contributed by atoms with E-state index in [9.17, 15) is 19.7 Å². The molecule has 1 aliphatic carbocycles. The Morgan fingerprint density at radius 2 is 1.96 bits per heavy atom. The summed E-state index contributed by atoms with van der Waals surface area (Å²) in [4.78, 5) is 15.6. The number of aromatic hydroxyl groups is 1. The molecule has 0 amide bonds. The van der Waals surface area contributed by atoms with Crippen molar-refractivity contribution in [1.82, 2.24) is 20.3 Å². The largest absolute Gasteiger partial charge is 0.508 e. The van der Waals surface area contributed by atoms with Crippen LogP contribution in [-0.2, 0) is 4.74 Å². The molecule has 0 bridgehead atoms. The molecule has 4 atom stereocenters. The van der Waals surface area contributed by atoms with Crippen molar-refractivity contribution < 1.29 is 38.3 Å². The summed E-state index contributed by atoms with van der Waals surface area (Å²) in [6, 6.07) is 5.50. The average molecular weight is 712 g/mol. The number of nitrogens with zero attached hydrogens (tertiary/aromatic N) is 4. The number of anilines is 1. The zero-order chi connectivity index (χ0) is 34.5. The SMILES string of the molecule is C#Cc1c(F)ccc2cc(O)cc(-c3nc(OC)c4c(N5C[C@H](CO)OC[C@@](C)(O)C5)nc(OC[C@@]56CCCN[C@@H]5CCC6)nc4c3F)c12.Cl. The van der Waals surface area contributed by atoms with Gasteiger partial charge in [-0.15, -0.1) is 18.8 Å². The van der Waals surface area contributed by atoms with Gasteiger partial charge in [-0.2, -0.15) is 9.97 Å². The Labute approximate surface area is 294 Å². The monoisotopic (exact) mass is 711 g/mol. The Hall–Kier alpha value is -4.06. The van der Waals surface area contributed by atoms with Crippen LogP contribution in [0.5, 0.6) is 17.6 Å². The van der Waals surface area contributed by atoms with E-state index in [2.05, 4.69) is 21.2 Å². The van der Waals surface area contributed by atoms with E-state index in [1.165, 1.54) is 31.4 Å². The molecule has 4 heterocycles. The van der Waals surface area contributed by atoms with E-state index in [-0.39, 0.29) is 101 Å². The first kappa shape index (κ1) is 35.8. The minimum atomic E-state index is -1.36. The topological polar surface area (TPSA) is 142 Å². The molecule has 0 unspecified atom stereocenters. The number of aromatic nitrogens is 3. The van der Waals surface area contributed by atoms with Gasteiger partial charge < -0.3 is 39.7 Å². The molecule has 2 aromatic carbocycles. The Bertz CT molecular complexity index is 1980. The van der Waals surface area contributed by atoms with Crippen LogP contribution in [0.4, 0.5) is 14.6 Å². The van der Waals surface area contributed by atoms with Crippen molar-refractivity contribution in [3.63, 3.8) is 0 Å². The van der Waals surface area contributed by atoms with Crippen molar-refractivity contribution in [2.24, 2.45) is 5.41 Å². The summed E-state index contributed by atoms with van der Waals surface area (Å²) >= 11 is 0. The second-order valence-corrected chi connectivity index (χ2v) is 13.6. The van der Waals surface area contributed by atoms with Crippen LogP contribution in [-0.4, -0.2) is 94.6 Å². The van der Waals surface area contributed by atoms with Crippen LogP contribution in [0.15, 0.2) is 24.3 Å². The number of rotatable bonds is 7. The van der Waals surface area contributed by atoms with Crippen LogP contribution in [0, 0.1) is 29.4 Å². The minimum absolute atomic E-state index is 0. The Balaban J connectivity index is 0.00000432. The summed E-state index contributed by atoms with van der Waals surface area (Å²) in [5.41, 5.74) is -2.04. The molecule has 2 aliphatic heterocycles. The van der Waals surface area contributed by atoms with E-state index in [0.29, 0.717) is 18.0 Å². The van der Waals surface area contributed by atoms with Gasteiger partial charge >= 0.3 is 6.01 Å². The number of aliphatic hydroxyl groups excluding tert-OH is 1. The number of β-amino-alcohol motifs (C(OH)–C–C–N with tert-alkyl or cyclic N) is 1. The van der Waals surface area contributed by atoms with Crippen molar-refractivity contribution in [2.75, 3.05) is 51.5 Å². The highest BCUT2D eigenvalue weighted by Gasteiger charge is 2.45. The average Bonchev–Trinajstić information content (AvgIpc) is 3.45. The van der Waals surface area contributed by atoms with Crippen molar-refractivity contribution in [3.8, 4) is 41.2 Å². The van der Waals surface area contributed by atoms with Gasteiger partial charge in [-0.3, -0.25) is 0 Å². The van der Waals surface area contributed by atoms with Gasteiger partial charge in [0.2, 0.25) is 5.88 Å². The van der Waals surface area contributed by atoms with E-state index < -0.39 is 23.3 Å². The normalized spacial score (nSPS) is 25.1. The Kier molecular flexibility index (Phi) is 9.96. The van der Waals surface area contributed by atoms with E-state index in [1.54, 1.807) is 11.8 Å². The summed E-state index contributed by atoms with van der Waals surface area (Å²) in [6.45, 7) is 2.59. The van der Waals surface area contributed by atoms with Crippen molar-refractivity contribution >= 4 is 39.9 Å². The zero-order valence-corrected chi connectivity index (χ0v) is 28.7. The number of benzene rings is 2. The third-order valence-corrected chi connectivity index (χ3v) is 10.1. The summed E-state index contributed by atoms with van der Waals surface area (Å²) in [5.74, 6) is 0.641. The standard InChI is InChI=1S/C36H39F2N5O6.ClH/c1-4-23-25(37)9-8-20-13-21(45)14-24(27(20)23)30-29(38)31-28(33(40-30)47-3)32(43-15-22(16-44)48-18-35(2,46)17-43)42-34(41-31)49-19-36-10-5-7-26(36)39-12-6-11-36;/h1,8-9,13-14,22,26,39,44-46H,5-7,10-12,15-19H2,2-3H3;1H/t22-,26-,35+,36-;/m1./s1. The first-order valence-corrected chi connectivity index (χ1v) is 16.5. The molecule has 1 saturated carbocycles. The van der Waals surface area contributed by atoms with Crippen molar-refractivity contribution in [3.05, 3.63) is 41.5 Å². The van der Waals surface area contributed by atoms with E-state index >= 15 is 4.39 Å².